The minimum atomic E-state index is -0.0727. The first-order valence-corrected chi connectivity index (χ1v) is 11.4. The zero-order valence-electron chi connectivity index (χ0n) is 18.9. The molecule has 0 spiro atoms. The molecule has 2 aromatic carbocycles. The number of carbonyl (C=O) groups excluding carboxylic acids is 1. The number of rotatable bonds is 8. The average molecular weight is 429 g/mol. The standard InChI is InChI=1S/C27H32N4O/c1-30(2)24-16-18-31(20-24)26-14-13-23(19-29-26)27(32)28-17-15-25(21-9-5-3-6-10-21)22-11-7-4-8-12-22/h3-14,19,24-25H,15-18,20H2,1-2H3,(H,28,32). The molecule has 1 amide bonds. The lowest BCUT2D eigenvalue weighted by atomic mass is 9.88. The molecule has 0 aliphatic carbocycles. The van der Waals surface area contributed by atoms with Gasteiger partial charge in [-0.2, -0.15) is 0 Å². The summed E-state index contributed by atoms with van der Waals surface area (Å²) in [7, 11) is 4.24. The minimum Gasteiger partial charge on any atom is -0.355 e. The van der Waals surface area contributed by atoms with E-state index in [1.807, 2.05) is 24.3 Å². The first-order chi connectivity index (χ1) is 15.6. The normalized spacial score (nSPS) is 16.0. The predicted molar refractivity (Wildman–Crippen MR) is 130 cm³/mol. The summed E-state index contributed by atoms with van der Waals surface area (Å²) in [6.07, 6.45) is 3.67. The molecule has 1 aliphatic heterocycles. The highest BCUT2D eigenvalue weighted by Gasteiger charge is 2.25. The Balaban J connectivity index is 1.35. The SMILES string of the molecule is CN(C)C1CCN(c2ccc(C(=O)NCCC(c3ccccc3)c3ccccc3)cn2)C1. The first-order valence-electron chi connectivity index (χ1n) is 11.4. The van der Waals surface area contributed by atoms with E-state index in [9.17, 15) is 4.79 Å². The van der Waals surface area contributed by atoms with E-state index < -0.39 is 0 Å². The van der Waals surface area contributed by atoms with E-state index in [4.69, 9.17) is 0 Å². The lowest BCUT2D eigenvalue weighted by Crippen LogP contribution is -2.31. The molecule has 0 radical (unpaired) electrons. The van der Waals surface area contributed by atoms with Crippen molar-refractivity contribution < 1.29 is 4.79 Å². The van der Waals surface area contributed by atoms with Crippen LogP contribution in [0.4, 0.5) is 5.82 Å². The minimum absolute atomic E-state index is 0.0727. The van der Waals surface area contributed by atoms with Crippen LogP contribution in [0.1, 0.15) is 40.2 Å². The van der Waals surface area contributed by atoms with E-state index >= 15 is 0 Å². The highest BCUT2D eigenvalue weighted by Crippen LogP contribution is 2.27. The molecule has 5 heteroatoms. The number of pyridine rings is 1. The van der Waals surface area contributed by atoms with Crippen LogP contribution in [0, 0.1) is 0 Å². The Bertz CT molecular complexity index is 950. The third-order valence-electron chi connectivity index (χ3n) is 6.35. The third kappa shape index (κ3) is 5.35. The topological polar surface area (TPSA) is 48.5 Å². The van der Waals surface area contributed by atoms with Gasteiger partial charge in [0.25, 0.3) is 5.91 Å². The van der Waals surface area contributed by atoms with Gasteiger partial charge in [0.15, 0.2) is 0 Å². The van der Waals surface area contributed by atoms with E-state index in [-0.39, 0.29) is 11.8 Å². The lowest BCUT2D eigenvalue weighted by molar-refractivity contribution is 0.0952. The van der Waals surface area contributed by atoms with Crippen molar-refractivity contribution in [3.8, 4) is 0 Å². The highest BCUT2D eigenvalue weighted by atomic mass is 16.1. The maximum absolute atomic E-state index is 12.7. The van der Waals surface area contributed by atoms with Crippen molar-refractivity contribution in [1.82, 2.24) is 15.2 Å². The molecule has 4 rings (SSSR count). The van der Waals surface area contributed by atoms with Crippen LogP contribution in [-0.2, 0) is 0 Å². The second-order valence-electron chi connectivity index (χ2n) is 8.68. The largest absolute Gasteiger partial charge is 0.355 e. The second kappa shape index (κ2) is 10.4. The second-order valence-corrected chi connectivity index (χ2v) is 8.68. The van der Waals surface area contributed by atoms with Crippen LogP contribution < -0.4 is 10.2 Å². The third-order valence-corrected chi connectivity index (χ3v) is 6.35. The molecule has 1 atom stereocenters. The monoisotopic (exact) mass is 428 g/mol. The number of nitrogens with zero attached hydrogens (tertiary/aromatic N) is 3. The average Bonchev–Trinajstić information content (AvgIpc) is 3.34. The zero-order chi connectivity index (χ0) is 22.3. The number of benzene rings is 2. The summed E-state index contributed by atoms with van der Waals surface area (Å²) in [6, 6.07) is 25.4. The molecule has 0 saturated carbocycles. The Labute approximate surface area is 191 Å². The van der Waals surface area contributed by atoms with Crippen molar-refractivity contribution in [3.05, 3.63) is 95.7 Å². The molecule has 0 bridgehead atoms. The highest BCUT2D eigenvalue weighted by molar-refractivity contribution is 5.94. The van der Waals surface area contributed by atoms with E-state index in [0.29, 0.717) is 18.2 Å². The summed E-state index contributed by atoms with van der Waals surface area (Å²) >= 11 is 0. The van der Waals surface area contributed by atoms with Gasteiger partial charge < -0.3 is 15.1 Å². The molecule has 1 N–H and O–H groups in total. The van der Waals surface area contributed by atoms with Crippen molar-refractivity contribution in [2.45, 2.75) is 24.8 Å². The molecule has 166 valence electrons. The number of hydrogen-bond acceptors (Lipinski definition) is 4. The van der Waals surface area contributed by atoms with Crippen molar-refractivity contribution in [3.63, 3.8) is 0 Å². The number of amides is 1. The van der Waals surface area contributed by atoms with E-state index in [1.165, 1.54) is 11.1 Å². The maximum Gasteiger partial charge on any atom is 0.252 e. The van der Waals surface area contributed by atoms with Gasteiger partial charge in [-0.05, 0) is 50.2 Å². The molecule has 1 aromatic heterocycles. The number of likely N-dealkylation sites (N-methyl/N-ethyl adjacent to an activating group) is 1. The van der Waals surface area contributed by atoms with Gasteiger partial charge in [0.2, 0.25) is 0 Å². The fraction of sp³-hybridized carbons (Fsp3) is 0.333. The summed E-state index contributed by atoms with van der Waals surface area (Å²) < 4.78 is 0. The molecule has 1 fully saturated rings. The van der Waals surface area contributed by atoms with Crippen LogP contribution in [0.15, 0.2) is 79.0 Å². The van der Waals surface area contributed by atoms with Gasteiger partial charge in [0.1, 0.15) is 5.82 Å². The van der Waals surface area contributed by atoms with Gasteiger partial charge >= 0.3 is 0 Å². The Morgan fingerprint density at radius 3 is 2.22 bits per heavy atom. The molecule has 1 aliphatic rings. The number of carbonyl (C=O) groups is 1. The van der Waals surface area contributed by atoms with Crippen molar-refractivity contribution in [2.24, 2.45) is 0 Å². The Hall–Kier alpha value is -3.18. The number of anilines is 1. The Morgan fingerprint density at radius 2 is 1.69 bits per heavy atom. The molecular formula is C27H32N4O. The maximum atomic E-state index is 12.7. The van der Waals surface area contributed by atoms with Gasteiger partial charge in [0.05, 0.1) is 5.56 Å². The fourth-order valence-electron chi connectivity index (χ4n) is 4.41. The number of nitrogens with one attached hydrogen (secondary N) is 1. The zero-order valence-corrected chi connectivity index (χ0v) is 18.9. The van der Waals surface area contributed by atoms with Crippen LogP contribution in [0.25, 0.3) is 0 Å². The lowest BCUT2D eigenvalue weighted by Gasteiger charge is -2.21. The first kappa shape index (κ1) is 22.0. The molecule has 1 unspecified atom stereocenters. The molecule has 5 nitrogen and oxygen atoms in total. The number of hydrogen-bond donors (Lipinski definition) is 1. The molecule has 3 aromatic rings. The summed E-state index contributed by atoms with van der Waals surface area (Å²) in [6.45, 7) is 2.58. The van der Waals surface area contributed by atoms with Crippen LogP contribution >= 0.6 is 0 Å². The Morgan fingerprint density at radius 1 is 1.03 bits per heavy atom. The number of aromatic nitrogens is 1. The summed E-state index contributed by atoms with van der Waals surface area (Å²) in [5, 5.41) is 3.08. The van der Waals surface area contributed by atoms with Gasteiger partial charge in [-0.1, -0.05) is 60.7 Å². The van der Waals surface area contributed by atoms with Crippen molar-refractivity contribution in [1.29, 1.82) is 0 Å². The van der Waals surface area contributed by atoms with Crippen LogP contribution in [-0.4, -0.2) is 55.6 Å². The quantitative estimate of drug-likeness (QED) is 0.585. The molecule has 2 heterocycles. The van der Waals surface area contributed by atoms with Crippen molar-refractivity contribution >= 4 is 11.7 Å². The van der Waals surface area contributed by atoms with E-state index in [2.05, 4.69) is 82.7 Å². The van der Waals surface area contributed by atoms with E-state index in [0.717, 1.165) is 31.7 Å². The predicted octanol–water partition coefficient (Wildman–Crippen LogP) is 4.17. The smallest absolute Gasteiger partial charge is 0.252 e. The van der Waals surface area contributed by atoms with E-state index in [1.54, 1.807) is 6.20 Å². The van der Waals surface area contributed by atoms with Gasteiger partial charge in [-0.25, -0.2) is 4.98 Å². The Kier molecular flexibility index (Phi) is 7.17. The van der Waals surface area contributed by atoms with Crippen LogP contribution in [0.2, 0.25) is 0 Å². The van der Waals surface area contributed by atoms with Gasteiger partial charge in [-0.15, -0.1) is 0 Å². The van der Waals surface area contributed by atoms with Crippen LogP contribution in [0.5, 0.6) is 0 Å². The van der Waals surface area contributed by atoms with Crippen LogP contribution in [0.3, 0.4) is 0 Å². The molecule has 32 heavy (non-hydrogen) atoms. The molecular weight excluding hydrogens is 396 g/mol. The fourth-order valence-corrected chi connectivity index (χ4v) is 4.41. The summed E-state index contributed by atoms with van der Waals surface area (Å²) in [4.78, 5) is 21.8. The van der Waals surface area contributed by atoms with Gasteiger partial charge in [0, 0.05) is 37.8 Å². The summed E-state index contributed by atoms with van der Waals surface area (Å²) in [5.74, 6) is 1.12. The summed E-state index contributed by atoms with van der Waals surface area (Å²) in [5.41, 5.74) is 3.13. The van der Waals surface area contributed by atoms with Crippen molar-refractivity contribution in [2.75, 3.05) is 38.6 Å². The van der Waals surface area contributed by atoms with Gasteiger partial charge in [-0.3, -0.25) is 4.79 Å². The molecule has 1 saturated heterocycles.